The number of carbonyl (C=O) groups is 2. The maximum atomic E-state index is 12.3. The number of pyridine rings is 1. The molecule has 2 aliphatic heterocycles. The number of aromatic nitrogens is 2. The van der Waals surface area contributed by atoms with E-state index in [2.05, 4.69) is 10.4 Å². The minimum absolute atomic E-state index is 0.0184. The third kappa shape index (κ3) is 4.73. The zero-order valence-electron chi connectivity index (χ0n) is 17.5. The molecule has 0 atom stereocenters. The van der Waals surface area contributed by atoms with Crippen LogP contribution in [0.3, 0.4) is 0 Å². The molecule has 4 rings (SSSR count). The van der Waals surface area contributed by atoms with E-state index in [1.807, 2.05) is 18.3 Å². The van der Waals surface area contributed by atoms with Crippen molar-refractivity contribution < 1.29 is 22.7 Å². The summed E-state index contributed by atoms with van der Waals surface area (Å²) in [5, 5.41) is 6.66. The molecule has 31 heavy (non-hydrogen) atoms. The maximum absolute atomic E-state index is 12.3. The van der Waals surface area contributed by atoms with Crippen LogP contribution in [0, 0.1) is 5.92 Å². The SMILES string of the molecule is COCCS(=O)(=O)N1CCC(Cc2ccn3ncc(N4CCC(=O)NC4=O)c3c2)CC1. The lowest BCUT2D eigenvalue weighted by Crippen LogP contribution is -2.49. The van der Waals surface area contributed by atoms with Crippen LogP contribution in [0.4, 0.5) is 10.5 Å². The molecule has 4 heterocycles. The Kier molecular flexibility index (Phi) is 6.26. The number of imide groups is 1. The van der Waals surface area contributed by atoms with E-state index in [0.29, 0.717) is 31.2 Å². The Morgan fingerprint density at radius 2 is 2.00 bits per heavy atom. The Labute approximate surface area is 181 Å². The highest BCUT2D eigenvalue weighted by Crippen LogP contribution is 2.27. The number of piperidine rings is 1. The largest absolute Gasteiger partial charge is 0.384 e. The fourth-order valence-corrected chi connectivity index (χ4v) is 5.59. The average Bonchev–Trinajstić information content (AvgIpc) is 3.16. The van der Waals surface area contributed by atoms with Gasteiger partial charge in [-0.25, -0.2) is 22.0 Å². The predicted molar refractivity (Wildman–Crippen MR) is 114 cm³/mol. The normalized spacial score (nSPS) is 19.2. The summed E-state index contributed by atoms with van der Waals surface area (Å²) in [5.41, 5.74) is 2.59. The van der Waals surface area contributed by atoms with Crippen molar-refractivity contribution >= 4 is 33.2 Å². The molecule has 3 amide bonds. The molecule has 0 bridgehead atoms. The van der Waals surface area contributed by atoms with Gasteiger partial charge >= 0.3 is 6.03 Å². The van der Waals surface area contributed by atoms with Gasteiger partial charge in [-0.3, -0.25) is 15.0 Å². The number of nitrogens with one attached hydrogen (secondary N) is 1. The summed E-state index contributed by atoms with van der Waals surface area (Å²) in [5.74, 6) is 0.136. The van der Waals surface area contributed by atoms with Crippen LogP contribution in [-0.2, 0) is 26.0 Å². The number of rotatable bonds is 7. The van der Waals surface area contributed by atoms with Crippen molar-refractivity contribution in [2.45, 2.75) is 25.7 Å². The molecule has 2 aliphatic rings. The van der Waals surface area contributed by atoms with Crippen LogP contribution in [0.1, 0.15) is 24.8 Å². The summed E-state index contributed by atoms with van der Waals surface area (Å²) in [6.07, 6.45) is 6.20. The van der Waals surface area contributed by atoms with Crippen LogP contribution in [0.15, 0.2) is 24.5 Å². The second-order valence-electron chi connectivity index (χ2n) is 8.00. The highest BCUT2D eigenvalue weighted by molar-refractivity contribution is 7.89. The summed E-state index contributed by atoms with van der Waals surface area (Å²) in [7, 11) is -1.76. The van der Waals surface area contributed by atoms with Crippen LogP contribution < -0.4 is 10.2 Å². The van der Waals surface area contributed by atoms with Gasteiger partial charge < -0.3 is 4.74 Å². The second-order valence-corrected chi connectivity index (χ2v) is 10.1. The lowest BCUT2D eigenvalue weighted by atomic mass is 9.91. The summed E-state index contributed by atoms with van der Waals surface area (Å²) in [4.78, 5) is 25.2. The highest BCUT2D eigenvalue weighted by Gasteiger charge is 2.29. The number of carbonyl (C=O) groups excluding carboxylic acids is 2. The second kappa shape index (κ2) is 8.93. The molecule has 2 saturated heterocycles. The molecule has 2 aromatic rings. The average molecular weight is 450 g/mol. The van der Waals surface area contributed by atoms with Crippen molar-refractivity contribution in [3.63, 3.8) is 0 Å². The molecule has 11 heteroatoms. The van der Waals surface area contributed by atoms with Gasteiger partial charge in [-0.05, 0) is 42.9 Å². The maximum Gasteiger partial charge on any atom is 0.328 e. The monoisotopic (exact) mass is 449 g/mol. The Balaban J connectivity index is 1.43. The van der Waals surface area contributed by atoms with Gasteiger partial charge in [-0.1, -0.05) is 0 Å². The molecule has 0 spiro atoms. The van der Waals surface area contributed by atoms with E-state index in [1.54, 1.807) is 15.0 Å². The Bertz CT molecular complexity index is 1070. The number of anilines is 1. The van der Waals surface area contributed by atoms with Gasteiger partial charge in [0.1, 0.15) is 0 Å². The third-order valence-corrected chi connectivity index (χ3v) is 7.78. The van der Waals surface area contributed by atoms with Crippen molar-refractivity contribution in [1.82, 2.24) is 19.2 Å². The molecule has 0 radical (unpaired) electrons. The van der Waals surface area contributed by atoms with E-state index < -0.39 is 16.1 Å². The van der Waals surface area contributed by atoms with E-state index in [1.165, 1.54) is 12.0 Å². The number of urea groups is 1. The van der Waals surface area contributed by atoms with Crippen LogP contribution in [0.25, 0.3) is 5.52 Å². The quantitative estimate of drug-likeness (QED) is 0.675. The summed E-state index contributed by atoms with van der Waals surface area (Å²) in [6.45, 7) is 1.59. The fourth-order valence-electron chi connectivity index (χ4n) is 4.18. The van der Waals surface area contributed by atoms with Crippen LogP contribution >= 0.6 is 0 Å². The third-order valence-electron chi connectivity index (χ3n) is 5.95. The van der Waals surface area contributed by atoms with Gasteiger partial charge in [0, 0.05) is 39.4 Å². The Morgan fingerprint density at radius 1 is 1.23 bits per heavy atom. The number of hydrogen-bond acceptors (Lipinski definition) is 6. The lowest BCUT2D eigenvalue weighted by molar-refractivity contribution is -0.120. The predicted octanol–water partition coefficient (Wildman–Crippen LogP) is 1.01. The van der Waals surface area contributed by atoms with E-state index in [4.69, 9.17) is 4.74 Å². The molecule has 0 saturated carbocycles. The minimum atomic E-state index is -3.26. The van der Waals surface area contributed by atoms with Crippen molar-refractivity contribution in [2.24, 2.45) is 5.92 Å². The Hall–Kier alpha value is -2.50. The summed E-state index contributed by atoms with van der Waals surface area (Å²) in [6, 6.07) is 3.59. The van der Waals surface area contributed by atoms with E-state index in [-0.39, 0.29) is 24.7 Å². The molecular weight excluding hydrogens is 422 g/mol. The van der Waals surface area contributed by atoms with Gasteiger partial charge in [-0.15, -0.1) is 0 Å². The van der Waals surface area contributed by atoms with E-state index in [0.717, 1.165) is 30.3 Å². The zero-order valence-corrected chi connectivity index (χ0v) is 18.3. The van der Waals surface area contributed by atoms with Crippen molar-refractivity contribution in [3.8, 4) is 0 Å². The molecule has 10 nitrogen and oxygen atoms in total. The van der Waals surface area contributed by atoms with Crippen LogP contribution in [-0.4, -0.2) is 73.4 Å². The molecule has 2 aromatic heterocycles. The van der Waals surface area contributed by atoms with Crippen LogP contribution in [0.5, 0.6) is 0 Å². The fraction of sp³-hybridized carbons (Fsp3) is 0.550. The molecular formula is C20H27N5O5S. The number of sulfonamides is 1. The number of methoxy groups -OCH3 is 1. The van der Waals surface area contributed by atoms with Gasteiger partial charge in [0.2, 0.25) is 15.9 Å². The standard InChI is InChI=1S/C20H27N5O5S/c1-30-10-11-31(28,29)23-6-2-15(3-7-23)12-16-4-9-25-17(13-16)18(14-21-25)24-8-5-19(26)22-20(24)27/h4,9,13-15H,2-3,5-8,10-12H2,1H3,(H,22,26,27). The van der Waals surface area contributed by atoms with Gasteiger partial charge in [0.25, 0.3) is 0 Å². The molecule has 0 aromatic carbocycles. The van der Waals surface area contributed by atoms with Crippen molar-refractivity contribution in [2.75, 3.05) is 44.0 Å². The number of nitrogens with zero attached hydrogens (tertiary/aromatic N) is 4. The molecule has 1 N–H and O–H groups in total. The minimum Gasteiger partial charge on any atom is -0.384 e. The first-order valence-electron chi connectivity index (χ1n) is 10.4. The molecule has 2 fully saturated rings. The van der Waals surface area contributed by atoms with Gasteiger partial charge in [0.05, 0.1) is 29.8 Å². The molecule has 168 valence electrons. The smallest absolute Gasteiger partial charge is 0.328 e. The first-order chi connectivity index (χ1) is 14.9. The van der Waals surface area contributed by atoms with E-state index in [9.17, 15) is 18.0 Å². The van der Waals surface area contributed by atoms with E-state index >= 15 is 0 Å². The summed E-state index contributed by atoms with van der Waals surface area (Å²) < 4.78 is 32.9. The highest BCUT2D eigenvalue weighted by atomic mass is 32.2. The first kappa shape index (κ1) is 21.7. The summed E-state index contributed by atoms with van der Waals surface area (Å²) >= 11 is 0. The molecule has 0 unspecified atom stereocenters. The Morgan fingerprint density at radius 3 is 2.71 bits per heavy atom. The number of hydrogen-bond donors (Lipinski definition) is 1. The van der Waals surface area contributed by atoms with Gasteiger partial charge in [-0.2, -0.15) is 5.10 Å². The van der Waals surface area contributed by atoms with Gasteiger partial charge in [0.15, 0.2) is 0 Å². The van der Waals surface area contributed by atoms with Crippen molar-refractivity contribution in [1.29, 1.82) is 0 Å². The van der Waals surface area contributed by atoms with Crippen LogP contribution in [0.2, 0.25) is 0 Å². The zero-order chi connectivity index (χ0) is 22.0. The topological polar surface area (TPSA) is 113 Å². The van der Waals surface area contributed by atoms with Crippen molar-refractivity contribution in [3.05, 3.63) is 30.1 Å². The number of fused-ring (bicyclic) bond motifs is 1. The first-order valence-corrected chi connectivity index (χ1v) is 12.0. The number of ether oxygens (including phenoxy) is 1. The lowest BCUT2D eigenvalue weighted by Gasteiger charge is -2.31. The molecule has 0 aliphatic carbocycles. The number of amides is 3.